The average Bonchev–Trinajstić information content (AvgIpc) is 2.70. The molecule has 180 valence electrons. The third-order valence-corrected chi connectivity index (χ3v) is 5.63. The maximum atomic E-state index is 12.7. The molecule has 0 spiro atoms. The van der Waals surface area contributed by atoms with Crippen LogP contribution >= 0.6 is 23.5 Å². The van der Waals surface area contributed by atoms with Gasteiger partial charge in [0.2, 0.25) is 17.7 Å². The molecule has 0 aliphatic rings. The number of hydrogen-bond acceptors (Lipinski definition) is 8. The van der Waals surface area contributed by atoms with Gasteiger partial charge in [-0.3, -0.25) is 14.4 Å². The highest BCUT2D eigenvalue weighted by Crippen LogP contribution is 2.06. The Hall–Kier alpha value is -1.50. The first kappa shape index (κ1) is 29.5. The van der Waals surface area contributed by atoms with Crippen LogP contribution in [0.1, 0.15) is 33.1 Å². The first-order valence-electron chi connectivity index (χ1n) is 10.1. The lowest BCUT2D eigenvalue weighted by molar-refractivity contribution is -0.142. The van der Waals surface area contributed by atoms with E-state index < -0.39 is 54.5 Å². The number of hydrogen-bond donors (Lipinski definition) is 6. The van der Waals surface area contributed by atoms with Crippen LogP contribution in [0, 0.1) is 5.92 Å². The zero-order chi connectivity index (χ0) is 24.0. The van der Waals surface area contributed by atoms with E-state index in [-0.39, 0.29) is 18.8 Å². The van der Waals surface area contributed by atoms with Crippen molar-refractivity contribution in [2.75, 3.05) is 30.6 Å². The number of nitrogens with two attached hydrogens (primary N) is 1. The Labute approximate surface area is 192 Å². The van der Waals surface area contributed by atoms with Gasteiger partial charge >= 0.3 is 5.97 Å². The Kier molecular flexibility index (Phi) is 15.4. The minimum Gasteiger partial charge on any atom is -0.480 e. The van der Waals surface area contributed by atoms with E-state index in [9.17, 15) is 29.4 Å². The average molecular weight is 481 g/mol. The van der Waals surface area contributed by atoms with Crippen molar-refractivity contribution in [3.05, 3.63) is 0 Å². The highest BCUT2D eigenvalue weighted by Gasteiger charge is 2.29. The molecule has 4 unspecified atom stereocenters. The zero-order valence-corrected chi connectivity index (χ0v) is 20.2. The quantitative estimate of drug-likeness (QED) is 0.169. The fraction of sp³-hybridized carbons (Fsp3) is 0.789. The maximum Gasteiger partial charge on any atom is 0.326 e. The molecule has 31 heavy (non-hydrogen) atoms. The molecule has 0 fully saturated rings. The molecule has 0 radical (unpaired) electrons. The van der Waals surface area contributed by atoms with Crippen molar-refractivity contribution in [1.82, 2.24) is 16.0 Å². The van der Waals surface area contributed by atoms with Crippen LogP contribution in [-0.4, -0.2) is 88.7 Å². The van der Waals surface area contributed by atoms with Crippen molar-refractivity contribution in [3.63, 3.8) is 0 Å². The summed E-state index contributed by atoms with van der Waals surface area (Å²) >= 11 is 2.92. The molecule has 0 aromatic carbocycles. The molecule has 0 aliphatic carbocycles. The highest BCUT2D eigenvalue weighted by molar-refractivity contribution is 7.98. The van der Waals surface area contributed by atoms with Crippen molar-refractivity contribution in [3.8, 4) is 0 Å². The number of carbonyl (C=O) groups excluding carboxylic acids is 3. The Bertz CT molecular complexity index is 594. The van der Waals surface area contributed by atoms with E-state index in [4.69, 9.17) is 5.73 Å². The van der Waals surface area contributed by atoms with Gasteiger partial charge in [0.05, 0.1) is 12.6 Å². The van der Waals surface area contributed by atoms with Gasteiger partial charge in [0.1, 0.15) is 18.1 Å². The lowest BCUT2D eigenvalue weighted by atomic mass is 10.0. The van der Waals surface area contributed by atoms with Gasteiger partial charge in [-0.1, -0.05) is 13.8 Å². The lowest BCUT2D eigenvalue weighted by Gasteiger charge is -2.24. The molecule has 0 saturated carbocycles. The molecule has 0 rings (SSSR count). The number of carbonyl (C=O) groups is 4. The molecule has 0 aromatic rings. The molecule has 10 nitrogen and oxygen atoms in total. The third kappa shape index (κ3) is 12.2. The van der Waals surface area contributed by atoms with Crippen molar-refractivity contribution in [2.24, 2.45) is 11.7 Å². The molecule has 7 N–H and O–H groups in total. The summed E-state index contributed by atoms with van der Waals surface area (Å²) in [6, 6.07) is -4.19. The Morgan fingerprint density at radius 3 is 1.74 bits per heavy atom. The van der Waals surface area contributed by atoms with Crippen LogP contribution in [0.4, 0.5) is 0 Å². The van der Waals surface area contributed by atoms with Crippen LogP contribution in [0.5, 0.6) is 0 Å². The maximum absolute atomic E-state index is 12.7. The van der Waals surface area contributed by atoms with E-state index in [1.807, 2.05) is 26.4 Å². The summed E-state index contributed by atoms with van der Waals surface area (Å²) in [5.74, 6) is -1.84. The van der Waals surface area contributed by atoms with E-state index in [1.165, 1.54) is 23.5 Å². The van der Waals surface area contributed by atoms with Crippen LogP contribution in [0.3, 0.4) is 0 Å². The van der Waals surface area contributed by atoms with E-state index in [2.05, 4.69) is 16.0 Å². The normalized spacial score (nSPS) is 14.9. The highest BCUT2D eigenvalue weighted by atomic mass is 32.2. The fourth-order valence-electron chi connectivity index (χ4n) is 2.63. The Balaban J connectivity index is 5.16. The monoisotopic (exact) mass is 480 g/mol. The number of carboxylic acids is 1. The minimum atomic E-state index is -1.28. The molecule has 3 amide bonds. The smallest absolute Gasteiger partial charge is 0.326 e. The predicted octanol–water partition coefficient (Wildman–Crippen LogP) is -0.603. The largest absolute Gasteiger partial charge is 0.480 e. The van der Waals surface area contributed by atoms with Gasteiger partial charge in [-0.2, -0.15) is 23.5 Å². The number of amides is 3. The molecule has 0 heterocycles. The minimum absolute atomic E-state index is 0.176. The molecule has 4 atom stereocenters. The van der Waals surface area contributed by atoms with Gasteiger partial charge in [-0.15, -0.1) is 0 Å². The van der Waals surface area contributed by atoms with E-state index >= 15 is 0 Å². The summed E-state index contributed by atoms with van der Waals surface area (Å²) in [6.45, 7) is 3.14. The summed E-state index contributed by atoms with van der Waals surface area (Å²) in [6.07, 6.45) is 4.58. The van der Waals surface area contributed by atoms with Crippen LogP contribution in [-0.2, 0) is 19.2 Å². The summed E-state index contributed by atoms with van der Waals surface area (Å²) in [4.78, 5) is 48.8. The van der Waals surface area contributed by atoms with E-state index in [0.29, 0.717) is 17.9 Å². The molecular formula is C19H36N4O6S2. The van der Waals surface area contributed by atoms with E-state index in [1.54, 1.807) is 0 Å². The van der Waals surface area contributed by atoms with Crippen molar-refractivity contribution >= 4 is 47.2 Å². The van der Waals surface area contributed by atoms with Gasteiger partial charge in [-0.25, -0.2) is 4.79 Å². The number of carboxylic acid groups (broad SMARTS) is 1. The van der Waals surface area contributed by atoms with Gasteiger partial charge in [0, 0.05) is 0 Å². The second kappa shape index (κ2) is 16.2. The van der Waals surface area contributed by atoms with Crippen molar-refractivity contribution in [2.45, 2.75) is 57.3 Å². The van der Waals surface area contributed by atoms with Crippen LogP contribution in [0.2, 0.25) is 0 Å². The lowest BCUT2D eigenvalue weighted by Crippen LogP contribution is -2.58. The zero-order valence-electron chi connectivity index (χ0n) is 18.6. The van der Waals surface area contributed by atoms with Gasteiger partial charge in [0.15, 0.2) is 0 Å². The number of thioether (sulfide) groups is 2. The summed E-state index contributed by atoms with van der Waals surface area (Å²) in [5, 5.41) is 26.2. The van der Waals surface area contributed by atoms with E-state index in [0.717, 1.165) is 0 Å². The fourth-order valence-corrected chi connectivity index (χ4v) is 3.57. The van der Waals surface area contributed by atoms with Crippen molar-refractivity contribution < 1.29 is 29.4 Å². The molecule has 0 aromatic heterocycles. The van der Waals surface area contributed by atoms with Gasteiger partial charge in [-0.05, 0) is 49.2 Å². The first-order chi connectivity index (χ1) is 14.6. The number of nitrogens with one attached hydrogen (secondary N) is 3. The van der Waals surface area contributed by atoms with Gasteiger partial charge < -0.3 is 31.9 Å². The van der Waals surface area contributed by atoms with Crippen LogP contribution < -0.4 is 21.7 Å². The SMILES string of the molecule is CSCCC(NC(=O)C(CCSC)NC(=O)C(CO)NC(=O)C(N)CC(C)C)C(=O)O. The molecule has 12 heteroatoms. The second-order valence-electron chi connectivity index (χ2n) is 7.50. The molecule has 0 bridgehead atoms. The number of aliphatic hydroxyl groups excluding tert-OH is 1. The van der Waals surface area contributed by atoms with Gasteiger partial charge in [0.25, 0.3) is 0 Å². The first-order valence-corrected chi connectivity index (χ1v) is 12.8. The molecule has 0 saturated heterocycles. The summed E-state index contributed by atoms with van der Waals surface area (Å²) in [5.41, 5.74) is 5.81. The summed E-state index contributed by atoms with van der Waals surface area (Å²) in [7, 11) is 0. The third-order valence-electron chi connectivity index (χ3n) is 4.35. The standard InChI is InChI=1S/C19H36N4O6S2/c1-11(2)9-12(20)16(25)23-15(10-24)18(27)21-13(5-7-30-3)17(26)22-14(19(28)29)6-8-31-4/h11-15,24H,5-10,20H2,1-4H3,(H,21,27)(H,22,26)(H,23,25)(H,28,29). The second-order valence-corrected chi connectivity index (χ2v) is 9.47. The number of rotatable bonds is 16. The summed E-state index contributed by atoms with van der Waals surface area (Å²) < 4.78 is 0. The Morgan fingerprint density at radius 2 is 1.29 bits per heavy atom. The molecular weight excluding hydrogens is 444 g/mol. The number of aliphatic carboxylic acids is 1. The topological polar surface area (TPSA) is 171 Å². The van der Waals surface area contributed by atoms with Crippen molar-refractivity contribution in [1.29, 1.82) is 0 Å². The molecule has 0 aliphatic heterocycles. The van der Waals surface area contributed by atoms with Crippen LogP contribution in [0.25, 0.3) is 0 Å². The number of aliphatic hydroxyl groups is 1. The predicted molar refractivity (Wildman–Crippen MR) is 124 cm³/mol. The Morgan fingerprint density at radius 1 is 0.839 bits per heavy atom. The van der Waals surface area contributed by atoms with Crippen LogP contribution in [0.15, 0.2) is 0 Å².